The number of nitrogen functional groups attached to an aromatic ring is 1. The number of benzene rings is 2. The molecule has 0 saturated carbocycles. The van der Waals surface area contributed by atoms with Crippen LogP contribution in [0, 0.1) is 0 Å². The molecule has 2 aromatic rings. The predicted molar refractivity (Wildman–Crippen MR) is 89.2 cm³/mol. The van der Waals surface area contributed by atoms with Crippen molar-refractivity contribution in [1.29, 1.82) is 0 Å². The van der Waals surface area contributed by atoms with E-state index in [0.717, 1.165) is 4.47 Å². The highest BCUT2D eigenvalue weighted by molar-refractivity contribution is 9.10. The summed E-state index contributed by atoms with van der Waals surface area (Å²) in [4.78, 5) is 11.8. The van der Waals surface area contributed by atoms with Crippen LogP contribution in [0.2, 0.25) is 5.02 Å². The lowest BCUT2D eigenvalue weighted by molar-refractivity contribution is 0.0526. The van der Waals surface area contributed by atoms with E-state index in [4.69, 9.17) is 22.1 Å². The zero-order valence-corrected chi connectivity index (χ0v) is 13.7. The fourth-order valence-corrected chi connectivity index (χ4v) is 2.27. The first-order chi connectivity index (χ1) is 10.0. The minimum Gasteiger partial charge on any atom is -0.462 e. The second-order valence-electron chi connectivity index (χ2n) is 4.27. The molecule has 2 aromatic carbocycles. The van der Waals surface area contributed by atoms with Gasteiger partial charge in [0.05, 0.1) is 34.3 Å². The Kier molecular flexibility index (Phi) is 5.09. The van der Waals surface area contributed by atoms with Crippen molar-refractivity contribution in [2.45, 2.75) is 6.92 Å². The molecular weight excluding hydrogens is 356 g/mol. The van der Waals surface area contributed by atoms with E-state index in [9.17, 15) is 4.79 Å². The first kappa shape index (κ1) is 15.7. The molecule has 0 saturated heterocycles. The molecule has 0 spiro atoms. The first-order valence-electron chi connectivity index (χ1n) is 6.30. The van der Waals surface area contributed by atoms with Crippen molar-refractivity contribution in [2.24, 2.45) is 0 Å². The summed E-state index contributed by atoms with van der Waals surface area (Å²) in [6.07, 6.45) is 0. The highest BCUT2D eigenvalue weighted by atomic mass is 79.9. The highest BCUT2D eigenvalue weighted by Gasteiger charge is 2.10. The molecule has 21 heavy (non-hydrogen) atoms. The molecule has 0 radical (unpaired) electrons. The second-order valence-corrected chi connectivity index (χ2v) is 5.59. The van der Waals surface area contributed by atoms with Gasteiger partial charge in [-0.25, -0.2) is 4.79 Å². The third-order valence-corrected chi connectivity index (χ3v) is 3.59. The van der Waals surface area contributed by atoms with Gasteiger partial charge in [0.25, 0.3) is 0 Å². The summed E-state index contributed by atoms with van der Waals surface area (Å²) in [7, 11) is 0. The maximum Gasteiger partial charge on any atom is 0.338 e. The summed E-state index contributed by atoms with van der Waals surface area (Å²) in [5.74, 6) is -0.388. The number of anilines is 3. The average Bonchev–Trinajstić information content (AvgIpc) is 2.45. The second kappa shape index (κ2) is 6.83. The van der Waals surface area contributed by atoms with Crippen LogP contribution in [0.3, 0.4) is 0 Å². The number of hydrogen-bond donors (Lipinski definition) is 2. The van der Waals surface area contributed by atoms with E-state index in [-0.39, 0.29) is 5.97 Å². The number of hydrogen-bond acceptors (Lipinski definition) is 4. The molecule has 0 aromatic heterocycles. The quantitative estimate of drug-likeness (QED) is 0.610. The van der Waals surface area contributed by atoms with Crippen LogP contribution >= 0.6 is 27.5 Å². The van der Waals surface area contributed by atoms with E-state index >= 15 is 0 Å². The Balaban J connectivity index is 2.33. The molecule has 0 aliphatic heterocycles. The van der Waals surface area contributed by atoms with E-state index in [1.807, 2.05) is 12.1 Å². The number of esters is 1. The number of halogens is 2. The lowest BCUT2D eigenvalue weighted by Gasteiger charge is -2.12. The Bertz CT molecular complexity index is 677. The van der Waals surface area contributed by atoms with Crippen LogP contribution in [-0.2, 0) is 4.74 Å². The summed E-state index contributed by atoms with van der Waals surface area (Å²) >= 11 is 9.52. The van der Waals surface area contributed by atoms with Crippen molar-refractivity contribution < 1.29 is 9.53 Å². The molecule has 0 aliphatic carbocycles. The van der Waals surface area contributed by atoms with Crippen LogP contribution in [0.25, 0.3) is 0 Å². The maximum absolute atomic E-state index is 11.8. The minimum atomic E-state index is -0.388. The van der Waals surface area contributed by atoms with Crippen LogP contribution in [0.5, 0.6) is 0 Å². The molecule has 0 atom stereocenters. The number of nitrogens with two attached hydrogens (primary N) is 1. The molecule has 0 aliphatic rings. The Hall–Kier alpha value is -1.72. The van der Waals surface area contributed by atoms with E-state index in [1.54, 1.807) is 31.2 Å². The third kappa shape index (κ3) is 3.89. The van der Waals surface area contributed by atoms with Crippen molar-refractivity contribution in [3.8, 4) is 0 Å². The van der Waals surface area contributed by atoms with Crippen molar-refractivity contribution in [3.63, 3.8) is 0 Å². The SMILES string of the molecule is CCOC(=O)c1ccc(N)c(Nc2cc(Br)ccc2Cl)c1. The van der Waals surface area contributed by atoms with Crippen molar-refractivity contribution in [2.75, 3.05) is 17.7 Å². The zero-order chi connectivity index (χ0) is 15.4. The molecule has 3 N–H and O–H groups in total. The summed E-state index contributed by atoms with van der Waals surface area (Å²) in [5, 5.41) is 3.68. The Labute approximate surface area is 136 Å². The van der Waals surface area contributed by atoms with E-state index < -0.39 is 0 Å². The summed E-state index contributed by atoms with van der Waals surface area (Å²) < 4.78 is 5.86. The normalized spacial score (nSPS) is 10.2. The van der Waals surface area contributed by atoms with E-state index in [0.29, 0.717) is 34.3 Å². The smallest absolute Gasteiger partial charge is 0.338 e. The number of ether oxygens (including phenoxy) is 1. The van der Waals surface area contributed by atoms with Crippen LogP contribution in [0.1, 0.15) is 17.3 Å². The van der Waals surface area contributed by atoms with Gasteiger partial charge in [-0.2, -0.15) is 0 Å². The highest BCUT2D eigenvalue weighted by Crippen LogP contribution is 2.31. The summed E-state index contributed by atoms with van der Waals surface area (Å²) in [6, 6.07) is 10.4. The van der Waals surface area contributed by atoms with Crippen LogP contribution in [0.4, 0.5) is 17.1 Å². The number of carbonyl (C=O) groups is 1. The predicted octanol–water partition coefficient (Wildman–Crippen LogP) is 4.61. The van der Waals surface area contributed by atoms with Gasteiger partial charge in [-0.3, -0.25) is 0 Å². The molecule has 0 amide bonds. The molecule has 0 fully saturated rings. The number of carbonyl (C=O) groups excluding carboxylic acids is 1. The molecule has 0 unspecified atom stereocenters. The lowest BCUT2D eigenvalue weighted by atomic mass is 10.1. The molecule has 2 rings (SSSR count). The fraction of sp³-hybridized carbons (Fsp3) is 0.133. The standard InChI is InChI=1S/C15H14BrClN2O2/c1-2-21-15(20)9-3-6-12(18)14(7-9)19-13-8-10(16)4-5-11(13)17/h3-8,19H,2,18H2,1H3. The van der Waals surface area contributed by atoms with Gasteiger partial charge in [-0.1, -0.05) is 27.5 Å². The van der Waals surface area contributed by atoms with Gasteiger partial charge in [-0.15, -0.1) is 0 Å². The Morgan fingerprint density at radius 3 is 2.76 bits per heavy atom. The van der Waals surface area contributed by atoms with Gasteiger partial charge in [0.15, 0.2) is 0 Å². The Morgan fingerprint density at radius 2 is 2.05 bits per heavy atom. The van der Waals surface area contributed by atoms with Gasteiger partial charge in [0, 0.05) is 4.47 Å². The molecule has 0 heterocycles. The third-order valence-electron chi connectivity index (χ3n) is 2.76. The van der Waals surface area contributed by atoms with Crippen LogP contribution in [0.15, 0.2) is 40.9 Å². The van der Waals surface area contributed by atoms with E-state index in [2.05, 4.69) is 21.2 Å². The van der Waals surface area contributed by atoms with Crippen molar-refractivity contribution in [3.05, 3.63) is 51.5 Å². The topological polar surface area (TPSA) is 64.3 Å². The zero-order valence-electron chi connectivity index (χ0n) is 11.3. The fourth-order valence-electron chi connectivity index (χ4n) is 1.74. The molecular formula is C15H14BrClN2O2. The van der Waals surface area contributed by atoms with Gasteiger partial charge >= 0.3 is 5.97 Å². The number of nitrogens with one attached hydrogen (secondary N) is 1. The lowest BCUT2D eigenvalue weighted by Crippen LogP contribution is -2.06. The average molecular weight is 370 g/mol. The Morgan fingerprint density at radius 1 is 1.29 bits per heavy atom. The van der Waals surface area contributed by atoms with Crippen LogP contribution in [-0.4, -0.2) is 12.6 Å². The summed E-state index contributed by atoms with van der Waals surface area (Å²) in [5.41, 5.74) is 8.16. The maximum atomic E-state index is 11.8. The monoisotopic (exact) mass is 368 g/mol. The number of rotatable bonds is 4. The largest absolute Gasteiger partial charge is 0.462 e. The van der Waals surface area contributed by atoms with Gasteiger partial charge in [0.1, 0.15) is 0 Å². The first-order valence-corrected chi connectivity index (χ1v) is 7.47. The van der Waals surface area contributed by atoms with Crippen molar-refractivity contribution >= 4 is 50.6 Å². The molecule has 4 nitrogen and oxygen atoms in total. The molecule has 110 valence electrons. The summed E-state index contributed by atoms with van der Waals surface area (Å²) in [6.45, 7) is 2.08. The minimum absolute atomic E-state index is 0.323. The molecule has 6 heteroatoms. The molecule has 0 bridgehead atoms. The van der Waals surface area contributed by atoms with Crippen molar-refractivity contribution in [1.82, 2.24) is 0 Å². The van der Waals surface area contributed by atoms with Gasteiger partial charge < -0.3 is 15.8 Å². The van der Waals surface area contributed by atoms with Crippen LogP contribution < -0.4 is 11.1 Å². The van der Waals surface area contributed by atoms with Gasteiger partial charge in [0.2, 0.25) is 0 Å². The van der Waals surface area contributed by atoms with Gasteiger partial charge in [-0.05, 0) is 43.3 Å². The van der Waals surface area contributed by atoms with E-state index in [1.165, 1.54) is 0 Å².